The van der Waals surface area contributed by atoms with Crippen molar-refractivity contribution in [1.29, 1.82) is 0 Å². The Morgan fingerprint density at radius 3 is 2.61 bits per heavy atom. The van der Waals surface area contributed by atoms with Crippen molar-refractivity contribution in [1.82, 2.24) is 4.90 Å². The van der Waals surface area contributed by atoms with Crippen LogP contribution in [0.5, 0.6) is 0 Å². The van der Waals surface area contributed by atoms with Gasteiger partial charge in [-0.05, 0) is 31.2 Å². The van der Waals surface area contributed by atoms with Gasteiger partial charge in [-0.2, -0.15) is 0 Å². The quantitative estimate of drug-likeness (QED) is 0.862. The minimum absolute atomic E-state index is 0.117. The molecule has 0 radical (unpaired) electrons. The monoisotopic (exact) mass is 249 g/mol. The van der Waals surface area contributed by atoms with Crippen molar-refractivity contribution < 1.29 is 15.0 Å². The Labute approximate surface area is 107 Å². The molecule has 0 saturated carbocycles. The molecule has 4 heteroatoms. The summed E-state index contributed by atoms with van der Waals surface area (Å²) in [6, 6.07) is 9.77. The minimum atomic E-state index is -0.931. The van der Waals surface area contributed by atoms with E-state index in [0.717, 1.165) is 24.8 Å². The van der Waals surface area contributed by atoms with Crippen LogP contribution in [-0.2, 0) is 6.42 Å². The topological polar surface area (TPSA) is 60.8 Å². The lowest BCUT2D eigenvalue weighted by atomic mass is 9.82. The Bertz CT molecular complexity index is 407. The summed E-state index contributed by atoms with van der Waals surface area (Å²) in [5.74, 6) is 0. The highest BCUT2D eigenvalue weighted by Gasteiger charge is 2.41. The van der Waals surface area contributed by atoms with E-state index < -0.39 is 11.6 Å². The molecule has 1 aromatic carbocycles. The fourth-order valence-corrected chi connectivity index (χ4v) is 2.77. The zero-order chi connectivity index (χ0) is 13.0. The molecule has 0 spiro atoms. The van der Waals surface area contributed by atoms with Crippen molar-refractivity contribution in [2.24, 2.45) is 0 Å². The van der Waals surface area contributed by atoms with Crippen LogP contribution < -0.4 is 0 Å². The van der Waals surface area contributed by atoms with Gasteiger partial charge in [0, 0.05) is 6.54 Å². The van der Waals surface area contributed by atoms with Crippen molar-refractivity contribution in [3.05, 3.63) is 35.9 Å². The van der Waals surface area contributed by atoms with Gasteiger partial charge in [-0.1, -0.05) is 30.3 Å². The summed E-state index contributed by atoms with van der Waals surface area (Å²) in [5.41, 5.74) is 0.422. The molecule has 4 nitrogen and oxygen atoms in total. The lowest BCUT2D eigenvalue weighted by molar-refractivity contribution is 0.00794. The van der Waals surface area contributed by atoms with E-state index in [9.17, 15) is 15.0 Å². The fraction of sp³-hybridized carbons (Fsp3) is 0.500. The Kier molecular flexibility index (Phi) is 3.87. The number of aliphatic hydroxyl groups excluding tert-OH is 1. The summed E-state index contributed by atoms with van der Waals surface area (Å²) in [6.45, 7) is 0.400. The largest absolute Gasteiger partial charge is 0.465 e. The van der Waals surface area contributed by atoms with Crippen molar-refractivity contribution in [2.45, 2.75) is 31.2 Å². The number of amides is 1. The average molecular weight is 249 g/mol. The third-order valence-electron chi connectivity index (χ3n) is 3.75. The number of nitrogens with zero attached hydrogens (tertiary/aromatic N) is 1. The Morgan fingerprint density at radius 1 is 1.28 bits per heavy atom. The predicted molar refractivity (Wildman–Crippen MR) is 68.5 cm³/mol. The molecule has 1 unspecified atom stereocenters. The van der Waals surface area contributed by atoms with E-state index in [1.807, 2.05) is 30.3 Å². The van der Waals surface area contributed by atoms with Gasteiger partial charge in [-0.15, -0.1) is 0 Å². The van der Waals surface area contributed by atoms with Crippen LogP contribution in [0.2, 0.25) is 0 Å². The van der Waals surface area contributed by atoms with E-state index in [0.29, 0.717) is 13.0 Å². The molecule has 1 atom stereocenters. The van der Waals surface area contributed by atoms with Crippen molar-refractivity contribution in [2.75, 3.05) is 13.2 Å². The van der Waals surface area contributed by atoms with Crippen LogP contribution >= 0.6 is 0 Å². The average Bonchev–Trinajstić information content (AvgIpc) is 2.40. The first-order valence-electron chi connectivity index (χ1n) is 6.33. The zero-order valence-corrected chi connectivity index (χ0v) is 10.4. The van der Waals surface area contributed by atoms with E-state index in [1.165, 1.54) is 4.90 Å². The van der Waals surface area contributed by atoms with E-state index in [4.69, 9.17) is 0 Å². The molecule has 1 aromatic rings. The second kappa shape index (κ2) is 5.40. The molecular formula is C14H19NO3. The smallest absolute Gasteiger partial charge is 0.407 e. The third-order valence-corrected chi connectivity index (χ3v) is 3.75. The number of benzene rings is 1. The van der Waals surface area contributed by atoms with Gasteiger partial charge in [0.15, 0.2) is 0 Å². The number of hydrogen-bond donors (Lipinski definition) is 2. The first-order valence-corrected chi connectivity index (χ1v) is 6.33. The van der Waals surface area contributed by atoms with Crippen LogP contribution in [-0.4, -0.2) is 39.9 Å². The summed E-state index contributed by atoms with van der Waals surface area (Å²) < 4.78 is 0. The summed E-state index contributed by atoms with van der Waals surface area (Å²) in [5, 5.41) is 19.0. The second-order valence-corrected chi connectivity index (χ2v) is 4.94. The van der Waals surface area contributed by atoms with E-state index in [-0.39, 0.29) is 6.61 Å². The minimum Gasteiger partial charge on any atom is -0.465 e. The van der Waals surface area contributed by atoms with Gasteiger partial charge in [-0.3, -0.25) is 0 Å². The molecule has 1 saturated heterocycles. The van der Waals surface area contributed by atoms with Crippen molar-refractivity contribution in [3.8, 4) is 0 Å². The summed E-state index contributed by atoms with van der Waals surface area (Å²) in [6.07, 6.45) is 2.22. The van der Waals surface area contributed by atoms with Crippen LogP contribution in [0, 0.1) is 0 Å². The summed E-state index contributed by atoms with van der Waals surface area (Å²) >= 11 is 0. The maximum atomic E-state index is 11.3. The molecule has 0 aromatic heterocycles. The SMILES string of the molecule is O=C(O)N1CCCCC1(CO)Cc1ccccc1. The maximum absolute atomic E-state index is 11.3. The highest BCUT2D eigenvalue weighted by Crippen LogP contribution is 2.31. The van der Waals surface area contributed by atoms with Crippen LogP contribution in [0.4, 0.5) is 4.79 Å². The molecule has 1 amide bonds. The molecule has 98 valence electrons. The zero-order valence-electron chi connectivity index (χ0n) is 10.4. The second-order valence-electron chi connectivity index (χ2n) is 4.94. The molecular weight excluding hydrogens is 230 g/mol. The van der Waals surface area contributed by atoms with Gasteiger partial charge in [0.2, 0.25) is 0 Å². The van der Waals surface area contributed by atoms with E-state index in [2.05, 4.69) is 0 Å². The molecule has 18 heavy (non-hydrogen) atoms. The Morgan fingerprint density at radius 2 is 2.00 bits per heavy atom. The first-order chi connectivity index (χ1) is 8.68. The number of piperidine rings is 1. The van der Waals surface area contributed by atoms with Crippen LogP contribution in [0.3, 0.4) is 0 Å². The summed E-state index contributed by atoms with van der Waals surface area (Å²) in [4.78, 5) is 12.8. The van der Waals surface area contributed by atoms with Gasteiger partial charge in [-0.25, -0.2) is 4.79 Å². The molecule has 2 rings (SSSR count). The third kappa shape index (κ3) is 2.48. The molecule has 0 aliphatic carbocycles. The summed E-state index contributed by atoms with van der Waals surface area (Å²) in [7, 11) is 0. The molecule has 2 N–H and O–H groups in total. The van der Waals surface area contributed by atoms with Gasteiger partial charge in [0.1, 0.15) is 0 Å². The Hall–Kier alpha value is -1.55. The van der Waals surface area contributed by atoms with E-state index in [1.54, 1.807) is 0 Å². The van der Waals surface area contributed by atoms with Crippen molar-refractivity contribution >= 4 is 6.09 Å². The van der Waals surface area contributed by atoms with E-state index >= 15 is 0 Å². The number of carboxylic acid groups (broad SMARTS) is 1. The highest BCUT2D eigenvalue weighted by molar-refractivity contribution is 5.66. The molecule has 0 bridgehead atoms. The number of hydrogen-bond acceptors (Lipinski definition) is 2. The molecule has 1 heterocycles. The first kappa shape index (κ1) is 12.9. The van der Waals surface area contributed by atoms with Gasteiger partial charge in [0.05, 0.1) is 12.1 Å². The van der Waals surface area contributed by atoms with Crippen LogP contribution in [0.25, 0.3) is 0 Å². The van der Waals surface area contributed by atoms with Crippen LogP contribution in [0.1, 0.15) is 24.8 Å². The van der Waals surface area contributed by atoms with Crippen molar-refractivity contribution in [3.63, 3.8) is 0 Å². The number of aliphatic hydroxyl groups is 1. The van der Waals surface area contributed by atoms with Crippen LogP contribution in [0.15, 0.2) is 30.3 Å². The van der Waals surface area contributed by atoms with Gasteiger partial charge >= 0.3 is 6.09 Å². The molecule has 1 fully saturated rings. The molecule has 1 aliphatic rings. The van der Waals surface area contributed by atoms with Gasteiger partial charge < -0.3 is 15.1 Å². The maximum Gasteiger partial charge on any atom is 0.407 e. The fourth-order valence-electron chi connectivity index (χ4n) is 2.77. The Balaban J connectivity index is 2.24. The highest BCUT2D eigenvalue weighted by atomic mass is 16.4. The number of likely N-dealkylation sites (tertiary alicyclic amines) is 1. The predicted octanol–water partition coefficient (Wildman–Crippen LogP) is 2.12. The normalized spacial score (nSPS) is 23.9. The number of carbonyl (C=O) groups is 1. The van der Waals surface area contributed by atoms with Gasteiger partial charge in [0.25, 0.3) is 0 Å². The molecule has 1 aliphatic heterocycles. The number of rotatable bonds is 3. The standard InChI is InChI=1S/C14H19NO3/c16-11-14(10-12-6-2-1-3-7-12)8-4-5-9-15(14)13(17)18/h1-3,6-7,16H,4-5,8-11H2,(H,17,18). The lowest BCUT2D eigenvalue weighted by Gasteiger charge is -2.44. The lowest BCUT2D eigenvalue weighted by Crippen LogP contribution is -2.57.